The molecule has 0 saturated carbocycles. The van der Waals surface area contributed by atoms with E-state index in [0.717, 1.165) is 15.4 Å². The lowest BCUT2D eigenvalue weighted by molar-refractivity contribution is 0.920. The van der Waals surface area contributed by atoms with Crippen molar-refractivity contribution in [2.24, 2.45) is 5.73 Å². The summed E-state index contributed by atoms with van der Waals surface area (Å²) in [7, 11) is 0. The first kappa shape index (κ1) is 9.83. The number of hydrogen-bond acceptors (Lipinski definition) is 3. The Labute approximate surface area is 94.4 Å². The molecule has 0 unspecified atom stereocenters. The first-order valence-electron chi connectivity index (χ1n) is 4.03. The van der Waals surface area contributed by atoms with Crippen molar-refractivity contribution in [2.75, 3.05) is 0 Å². The van der Waals surface area contributed by atoms with E-state index < -0.39 is 0 Å². The molecule has 5 heteroatoms. The van der Waals surface area contributed by atoms with E-state index in [2.05, 4.69) is 26.1 Å². The second-order valence-electron chi connectivity index (χ2n) is 2.83. The summed E-state index contributed by atoms with van der Waals surface area (Å²) < 4.78 is 0.955. The van der Waals surface area contributed by atoms with Crippen molar-refractivity contribution >= 4 is 38.4 Å². The zero-order chi connectivity index (χ0) is 10.1. The highest BCUT2D eigenvalue weighted by Crippen LogP contribution is 2.25. The van der Waals surface area contributed by atoms with E-state index in [1.165, 1.54) is 0 Å². The Hall–Kier alpha value is -0.710. The normalized spacial score (nSPS) is 10.8. The highest BCUT2D eigenvalue weighted by molar-refractivity contribution is 9.10. The molecule has 0 amide bonds. The van der Waals surface area contributed by atoms with Crippen LogP contribution in [0.2, 0.25) is 5.02 Å². The van der Waals surface area contributed by atoms with E-state index in [-0.39, 0.29) is 0 Å². The molecule has 0 spiro atoms. The van der Waals surface area contributed by atoms with Crippen LogP contribution in [-0.4, -0.2) is 10.2 Å². The molecule has 0 saturated heterocycles. The average molecular weight is 273 g/mol. The van der Waals surface area contributed by atoms with Gasteiger partial charge in [-0.2, -0.15) is 10.2 Å². The molecule has 2 N–H and O–H groups in total. The molecule has 1 aromatic carbocycles. The highest BCUT2D eigenvalue weighted by atomic mass is 79.9. The van der Waals surface area contributed by atoms with Gasteiger partial charge in [-0.15, -0.1) is 0 Å². The smallest absolute Gasteiger partial charge is 0.0959 e. The van der Waals surface area contributed by atoms with E-state index >= 15 is 0 Å². The maximum atomic E-state index is 6.10. The maximum Gasteiger partial charge on any atom is 0.0959 e. The molecule has 0 atom stereocenters. The number of aromatic nitrogens is 2. The molecule has 3 nitrogen and oxygen atoms in total. The number of halogens is 2. The fraction of sp³-hybridized carbons (Fsp3) is 0.111. The summed E-state index contributed by atoms with van der Waals surface area (Å²) in [5.74, 6) is 0. The number of nitrogens with two attached hydrogens (primary N) is 1. The third-order valence-electron chi connectivity index (χ3n) is 1.92. The number of rotatable bonds is 1. The summed E-state index contributed by atoms with van der Waals surface area (Å²) in [5.41, 5.74) is 6.87. The third-order valence-corrected chi connectivity index (χ3v) is 2.84. The van der Waals surface area contributed by atoms with Gasteiger partial charge in [0.1, 0.15) is 0 Å². The molecular formula is C9H7BrClN3. The van der Waals surface area contributed by atoms with Gasteiger partial charge in [0.2, 0.25) is 0 Å². The third kappa shape index (κ3) is 1.61. The van der Waals surface area contributed by atoms with Gasteiger partial charge in [0.25, 0.3) is 0 Å². The monoisotopic (exact) mass is 271 g/mol. The fourth-order valence-electron chi connectivity index (χ4n) is 1.22. The molecule has 2 aromatic rings. The molecule has 0 radical (unpaired) electrons. The van der Waals surface area contributed by atoms with Crippen LogP contribution in [0.15, 0.2) is 22.7 Å². The summed E-state index contributed by atoms with van der Waals surface area (Å²) in [6.07, 6.45) is 0. The van der Waals surface area contributed by atoms with Crippen LogP contribution in [-0.2, 0) is 6.54 Å². The quantitative estimate of drug-likeness (QED) is 0.868. The summed E-state index contributed by atoms with van der Waals surface area (Å²) in [4.78, 5) is 0. The second kappa shape index (κ2) is 3.81. The van der Waals surface area contributed by atoms with Crippen molar-refractivity contribution in [1.82, 2.24) is 10.2 Å². The Morgan fingerprint density at radius 2 is 2.14 bits per heavy atom. The average Bonchev–Trinajstić information content (AvgIpc) is 2.18. The number of benzene rings is 1. The predicted octanol–water partition coefficient (Wildman–Crippen LogP) is 2.50. The maximum absolute atomic E-state index is 6.10. The Balaban J connectivity index is 2.77. The molecule has 0 fully saturated rings. The Bertz CT molecular complexity index is 487. The van der Waals surface area contributed by atoms with Gasteiger partial charge >= 0.3 is 0 Å². The van der Waals surface area contributed by atoms with Crippen molar-refractivity contribution in [1.29, 1.82) is 0 Å². The Morgan fingerprint density at radius 1 is 1.36 bits per heavy atom. The van der Waals surface area contributed by atoms with E-state index in [9.17, 15) is 0 Å². The molecule has 1 heterocycles. The largest absolute Gasteiger partial charge is 0.325 e. The predicted molar refractivity (Wildman–Crippen MR) is 60.1 cm³/mol. The zero-order valence-corrected chi connectivity index (χ0v) is 9.51. The van der Waals surface area contributed by atoms with E-state index in [1.54, 1.807) is 0 Å². The summed E-state index contributed by atoms with van der Waals surface area (Å²) >= 11 is 9.45. The number of fused-ring (bicyclic) bond motifs is 1. The van der Waals surface area contributed by atoms with Crippen LogP contribution in [0.1, 0.15) is 5.69 Å². The van der Waals surface area contributed by atoms with Crippen molar-refractivity contribution in [3.63, 3.8) is 0 Å². The van der Waals surface area contributed by atoms with Crippen molar-refractivity contribution in [3.8, 4) is 0 Å². The van der Waals surface area contributed by atoms with Crippen molar-refractivity contribution in [3.05, 3.63) is 33.4 Å². The van der Waals surface area contributed by atoms with Gasteiger partial charge in [0, 0.05) is 16.4 Å². The first-order valence-corrected chi connectivity index (χ1v) is 5.20. The molecule has 1 aromatic heterocycles. The Morgan fingerprint density at radius 3 is 2.86 bits per heavy atom. The van der Waals surface area contributed by atoms with Gasteiger partial charge in [0.05, 0.1) is 16.2 Å². The second-order valence-corrected chi connectivity index (χ2v) is 4.12. The van der Waals surface area contributed by atoms with E-state index in [0.29, 0.717) is 17.3 Å². The van der Waals surface area contributed by atoms with Gasteiger partial charge in [-0.3, -0.25) is 0 Å². The van der Waals surface area contributed by atoms with Gasteiger partial charge in [0.15, 0.2) is 0 Å². The minimum absolute atomic E-state index is 0.303. The lowest BCUT2D eigenvalue weighted by Gasteiger charge is -2.03. The molecule has 0 aliphatic carbocycles. The lowest BCUT2D eigenvalue weighted by Crippen LogP contribution is -2.02. The van der Waals surface area contributed by atoms with Crippen LogP contribution < -0.4 is 5.73 Å². The minimum atomic E-state index is 0.303. The SMILES string of the molecule is NCc1nnc2cc(Br)ccc2c1Cl. The van der Waals surface area contributed by atoms with Gasteiger partial charge in [-0.1, -0.05) is 33.6 Å². The molecule has 2 rings (SSSR count). The van der Waals surface area contributed by atoms with Crippen LogP contribution in [0.25, 0.3) is 10.9 Å². The van der Waals surface area contributed by atoms with Crippen LogP contribution in [0.3, 0.4) is 0 Å². The molecule has 72 valence electrons. The van der Waals surface area contributed by atoms with Crippen molar-refractivity contribution in [2.45, 2.75) is 6.54 Å². The topological polar surface area (TPSA) is 51.8 Å². The molecule has 0 bridgehead atoms. The zero-order valence-electron chi connectivity index (χ0n) is 7.17. The standard InChI is InChI=1S/C9H7BrClN3/c10-5-1-2-6-7(3-5)13-14-8(4-12)9(6)11/h1-3H,4,12H2. The number of nitrogens with zero attached hydrogens (tertiary/aromatic N) is 2. The molecule has 14 heavy (non-hydrogen) atoms. The number of hydrogen-bond donors (Lipinski definition) is 1. The van der Waals surface area contributed by atoms with Crippen LogP contribution in [0.5, 0.6) is 0 Å². The molecular weight excluding hydrogens is 265 g/mol. The minimum Gasteiger partial charge on any atom is -0.325 e. The fourth-order valence-corrected chi connectivity index (χ4v) is 1.84. The molecule has 0 aliphatic heterocycles. The van der Waals surface area contributed by atoms with Gasteiger partial charge in [-0.05, 0) is 12.1 Å². The van der Waals surface area contributed by atoms with Gasteiger partial charge in [-0.25, -0.2) is 0 Å². The van der Waals surface area contributed by atoms with Crippen molar-refractivity contribution < 1.29 is 0 Å². The molecule has 0 aliphatic rings. The van der Waals surface area contributed by atoms with Crippen LogP contribution in [0, 0.1) is 0 Å². The summed E-state index contributed by atoms with van der Waals surface area (Å²) in [6.45, 7) is 0.303. The summed E-state index contributed by atoms with van der Waals surface area (Å²) in [6, 6.07) is 5.68. The summed E-state index contributed by atoms with van der Waals surface area (Å²) in [5, 5.41) is 9.44. The van der Waals surface area contributed by atoms with Crippen LogP contribution in [0.4, 0.5) is 0 Å². The lowest BCUT2D eigenvalue weighted by atomic mass is 10.2. The van der Waals surface area contributed by atoms with Gasteiger partial charge < -0.3 is 5.73 Å². The van der Waals surface area contributed by atoms with E-state index in [4.69, 9.17) is 17.3 Å². The van der Waals surface area contributed by atoms with E-state index in [1.807, 2.05) is 18.2 Å². The Kier molecular flexibility index (Phi) is 2.67. The highest BCUT2D eigenvalue weighted by Gasteiger charge is 2.06. The first-order chi connectivity index (χ1) is 6.72. The van der Waals surface area contributed by atoms with Crippen LogP contribution >= 0.6 is 27.5 Å².